The maximum absolute atomic E-state index is 11.8. The highest BCUT2D eigenvalue weighted by atomic mass is 32.2. The monoisotopic (exact) mass is 278 g/mol. The van der Waals surface area contributed by atoms with E-state index in [-0.39, 0.29) is 19.1 Å². The number of morpholine rings is 1. The molecule has 0 bridgehead atoms. The van der Waals surface area contributed by atoms with Crippen LogP contribution in [0.5, 0.6) is 0 Å². The van der Waals surface area contributed by atoms with Crippen LogP contribution in [0.3, 0.4) is 0 Å². The molecule has 8 heteroatoms. The fraction of sp³-hybridized carbons (Fsp3) is 0.800. The van der Waals surface area contributed by atoms with Crippen LogP contribution in [0.4, 0.5) is 4.79 Å². The molecule has 0 aromatic heterocycles. The number of hydrogen-bond donors (Lipinski definition) is 2. The van der Waals surface area contributed by atoms with Gasteiger partial charge in [-0.3, -0.25) is 9.00 Å². The minimum Gasteiger partial charge on any atom is -0.481 e. The number of hydrogen-bond acceptors (Lipinski definition) is 4. The van der Waals surface area contributed by atoms with Gasteiger partial charge in [0.05, 0.1) is 25.7 Å². The first-order valence-electron chi connectivity index (χ1n) is 5.64. The van der Waals surface area contributed by atoms with Gasteiger partial charge in [0.1, 0.15) is 0 Å². The zero-order valence-corrected chi connectivity index (χ0v) is 11.1. The van der Waals surface area contributed by atoms with Crippen LogP contribution >= 0.6 is 0 Å². The highest BCUT2D eigenvalue weighted by Crippen LogP contribution is 2.10. The number of ether oxygens (including phenoxy) is 1. The van der Waals surface area contributed by atoms with Gasteiger partial charge in [-0.25, -0.2) is 4.79 Å². The van der Waals surface area contributed by atoms with E-state index in [0.29, 0.717) is 25.4 Å². The van der Waals surface area contributed by atoms with Gasteiger partial charge in [-0.15, -0.1) is 0 Å². The van der Waals surface area contributed by atoms with Crippen LogP contribution in [0.15, 0.2) is 0 Å². The number of amides is 2. The molecule has 18 heavy (non-hydrogen) atoms. The van der Waals surface area contributed by atoms with Gasteiger partial charge in [0.15, 0.2) is 0 Å². The highest BCUT2D eigenvalue weighted by Gasteiger charge is 2.28. The molecule has 2 atom stereocenters. The number of carbonyl (C=O) groups is 2. The smallest absolute Gasteiger partial charge is 0.317 e. The summed E-state index contributed by atoms with van der Waals surface area (Å²) in [5, 5.41) is 11.4. The first kappa shape index (κ1) is 14.9. The quantitative estimate of drug-likeness (QED) is 0.690. The van der Waals surface area contributed by atoms with Crippen molar-refractivity contribution in [3.8, 4) is 0 Å². The van der Waals surface area contributed by atoms with Gasteiger partial charge in [-0.05, 0) is 0 Å². The highest BCUT2D eigenvalue weighted by molar-refractivity contribution is 7.84. The molecule has 1 heterocycles. The third kappa shape index (κ3) is 5.01. The Kier molecular flexibility index (Phi) is 6.06. The van der Waals surface area contributed by atoms with Gasteiger partial charge in [-0.1, -0.05) is 0 Å². The van der Waals surface area contributed by atoms with Crippen LogP contribution in [-0.4, -0.2) is 70.6 Å². The lowest BCUT2D eigenvalue weighted by Gasteiger charge is -2.34. The average molecular weight is 278 g/mol. The van der Waals surface area contributed by atoms with Crippen molar-refractivity contribution in [3.63, 3.8) is 0 Å². The Bertz CT molecular complexity index is 336. The minimum absolute atomic E-state index is 0.132. The van der Waals surface area contributed by atoms with Crippen molar-refractivity contribution >= 4 is 22.8 Å². The molecule has 0 aromatic rings. The van der Waals surface area contributed by atoms with E-state index in [2.05, 4.69) is 5.32 Å². The summed E-state index contributed by atoms with van der Waals surface area (Å²) in [6.45, 7) is 1.33. The standard InChI is InChI=1S/C10H18N2O5S/c1-18(16)5-2-11-10(15)12-3-4-17-7-8(12)6-9(13)14/h8H,2-7H2,1H3,(H,11,15)(H,13,14). The van der Waals surface area contributed by atoms with Crippen molar-refractivity contribution in [1.29, 1.82) is 0 Å². The number of carboxylic acid groups (broad SMARTS) is 1. The van der Waals surface area contributed by atoms with Crippen molar-refractivity contribution in [2.45, 2.75) is 12.5 Å². The second-order valence-corrected chi connectivity index (χ2v) is 5.58. The number of aliphatic carboxylic acids is 1. The molecule has 0 radical (unpaired) electrons. The third-order valence-corrected chi connectivity index (χ3v) is 3.34. The maximum Gasteiger partial charge on any atom is 0.317 e. The largest absolute Gasteiger partial charge is 0.481 e. The summed E-state index contributed by atoms with van der Waals surface area (Å²) >= 11 is 0. The molecule has 1 rings (SSSR count). The first-order chi connectivity index (χ1) is 8.50. The Labute approximate surface area is 108 Å². The van der Waals surface area contributed by atoms with Crippen LogP contribution < -0.4 is 5.32 Å². The Morgan fingerprint density at radius 3 is 2.89 bits per heavy atom. The number of carbonyl (C=O) groups excluding carboxylic acids is 1. The predicted octanol–water partition coefficient (Wildman–Crippen LogP) is -0.750. The van der Waals surface area contributed by atoms with E-state index < -0.39 is 22.8 Å². The normalized spacial score (nSPS) is 21.4. The molecular formula is C10H18N2O5S. The molecule has 1 saturated heterocycles. The van der Waals surface area contributed by atoms with Crippen molar-refractivity contribution < 1.29 is 23.6 Å². The van der Waals surface area contributed by atoms with E-state index in [1.165, 1.54) is 4.90 Å². The van der Waals surface area contributed by atoms with Gasteiger partial charge in [0, 0.05) is 35.9 Å². The van der Waals surface area contributed by atoms with Crippen LogP contribution in [0.25, 0.3) is 0 Å². The molecule has 2 amide bonds. The molecule has 0 aromatic carbocycles. The number of carboxylic acids is 1. The summed E-state index contributed by atoms with van der Waals surface area (Å²) in [4.78, 5) is 24.0. The van der Waals surface area contributed by atoms with Crippen molar-refractivity contribution in [3.05, 3.63) is 0 Å². The lowest BCUT2D eigenvalue weighted by molar-refractivity contribution is -0.139. The van der Waals surface area contributed by atoms with Crippen LogP contribution in [0, 0.1) is 0 Å². The zero-order chi connectivity index (χ0) is 13.5. The lowest BCUT2D eigenvalue weighted by Crippen LogP contribution is -2.53. The summed E-state index contributed by atoms with van der Waals surface area (Å²) in [5.41, 5.74) is 0. The molecule has 0 spiro atoms. The van der Waals surface area contributed by atoms with Gasteiger partial charge in [-0.2, -0.15) is 0 Å². The maximum atomic E-state index is 11.8. The fourth-order valence-corrected chi connectivity index (χ4v) is 2.09. The van der Waals surface area contributed by atoms with Gasteiger partial charge in [0.2, 0.25) is 0 Å². The number of rotatable bonds is 5. The molecule has 7 nitrogen and oxygen atoms in total. The SMILES string of the molecule is CS(=O)CCNC(=O)N1CCOCC1CC(=O)O. The predicted molar refractivity (Wildman–Crippen MR) is 65.9 cm³/mol. The third-order valence-electron chi connectivity index (χ3n) is 2.56. The van der Waals surface area contributed by atoms with Crippen molar-refractivity contribution in [2.24, 2.45) is 0 Å². The van der Waals surface area contributed by atoms with E-state index >= 15 is 0 Å². The lowest BCUT2D eigenvalue weighted by atomic mass is 10.1. The Balaban J connectivity index is 2.46. The summed E-state index contributed by atoms with van der Waals surface area (Å²) in [7, 11) is -0.957. The van der Waals surface area contributed by atoms with Gasteiger partial charge in [0.25, 0.3) is 0 Å². The zero-order valence-electron chi connectivity index (χ0n) is 10.3. The topological polar surface area (TPSA) is 95.9 Å². The summed E-state index contributed by atoms with van der Waals surface area (Å²) in [5.74, 6) is -0.572. The second-order valence-electron chi connectivity index (χ2n) is 4.03. The van der Waals surface area contributed by atoms with Crippen LogP contribution in [-0.2, 0) is 20.3 Å². The van der Waals surface area contributed by atoms with E-state index in [1.54, 1.807) is 6.26 Å². The summed E-state index contributed by atoms with van der Waals surface area (Å²) in [6, 6.07) is -0.765. The first-order valence-corrected chi connectivity index (χ1v) is 7.37. The molecule has 2 unspecified atom stereocenters. The minimum atomic E-state index is -0.960. The number of urea groups is 1. The summed E-state index contributed by atoms with van der Waals surface area (Å²) in [6.07, 6.45) is 1.43. The van der Waals surface area contributed by atoms with E-state index in [9.17, 15) is 13.8 Å². The molecule has 1 aliphatic heterocycles. The van der Waals surface area contributed by atoms with Crippen molar-refractivity contribution in [2.75, 3.05) is 38.3 Å². The van der Waals surface area contributed by atoms with Crippen LogP contribution in [0.2, 0.25) is 0 Å². The van der Waals surface area contributed by atoms with Crippen molar-refractivity contribution in [1.82, 2.24) is 10.2 Å². The van der Waals surface area contributed by atoms with Gasteiger partial charge >= 0.3 is 12.0 Å². The fourth-order valence-electron chi connectivity index (χ4n) is 1.70. The summed E-state index contributed by atoms with van der Waals surface area (Å²) < 4.78 is 16.0. The second kappa shape index (κ2) is 7.32. The molecule has 1 fully saturated rings. The Hall–Kier alpha value is -1.15. The molecule has 104 valence electrons. The van der Waals surface area contributed by atoms with E-state index in [1.807, 2.05) is 0 Å². The van der Waals surface area contributed by atoms with Crippen LogP contribution in [0.1, 0.15) is 6.42 Å². The number of nitrogens with zero attached hydrogens (tertiary/aromatic N) is 1. The molecular weight excluding hydrogens is 260 g/mol. The van der Waals surface area contributed by atoms with E-state index in [0.717, 1.165) is 0 Å². The Morgan fingerprint density at radius 1 is 1.56 bits per heavy atom. The molecule has 2 N–H and O–H groups in total. The molecule has 1 aliphatic rings. The van der Waals surface area contributed by atoms with Gasteiger partial charge < -0.3 is 20.1 Å². The molecule has 0 saturated carbocycles. The average Bonchev–Trinajstić information content (AvgIpc) is 2.28. The molecule has 0 aliphatic carbocycles. The van der Waals surface area contributed by atoms with E-state index in [4.69, 9.17) is 9.84 Å². The number of nitrogens with one attached hydrogen (secondary N) is 1. The Morgan fingerprint density at radius 2 is 2.28 bits per heavy atom.